The van der Waals surface area contributed by atoms with Crippen molar-refractivity contribution in [2.75, 3.05) is 5.32 Å². The number of para-hydroxylation sites is 1. The van der Waals surface area contributed by atoms with Gasteiger partial charge in [0.05, 0.1) is 6.21 Å². The van der Waals surface area contributed by atoms with Crippen molar-refractivity contribution in [3.8, 4) is 0 Å². The van der Waals surface area contributed by atoms with Crippen LogP contribution in [-0.2, 0) is 9.59 Å². The Bertz CT molecular complexity index is 1120. The minimum absolute atomic E-state index is 0.0533. The Labute approximate surface area is 179 Å². The molecule has 2 aromatic carbocycles. The first-order chi connectivity index (χ1) is 14.1. The summed E-state index contributed by atoms with van der Waals surface area (Å²) in [5.41, 5.74) is 2.60. The number of carbonyl (C=O) groups excluding carboxylic acids is 2. The van der Waals surface area contributed by atoms with Gasteiger partial charge in [-0.05, 0) is 30.3 Å². The Morgan fingerprint density at radius 1 is 1.21 bits per heavy atom. The van der Waals surface area contributed by atoms with Gasteiger partial charge in [-0.2, -0.15) is 5.10 Å². The molecule has 1 fully saturated rings. The largest absolute Gasteiger partial charge is 0.361 e. The molecule has 7 nitrogen and oxygen atoms in total. The van der Waals surface area contributed by atoms with E-state index in [9.17, 15) is 9.59 Å². The number of hydrogen-bond donors (Lipinski definition) is 3. The highest BCUT2D eigenvalue weighted by molar-refractivity contribution is 9.10. The molecule has 0 spiro atoms. The molecule has 2 heterocycles. The predicted octanol–water partition coefficient (Wildman–Crippen LogP) is 3.88. The molecular formula is C20H16BrN5O2S. The van der Waals surface area contributed by atoms with E-state index in [-0.39, 0.29) is 18.2 Å². The van der Waals surface area contributed by atoms with Crippen LogP contribution in [0.1, 0.15) is 12.0 Å². The Morgan fingerprint density at radius 2 is 2.00 bits per heavy atom. The molecule has 3 aromatic rings. The lowest BCUT2D eigenvalue weighted by Crippen LogP contribution is -2.28. The third kappa shape index (κ3) is 4.75. The Kier molecular flexibility index (Phi) is 5.77. The average molecular weight is 470 g/mol. The van der Waals surface area contributed by atoms with E-state index in [4.69, 9.17) is 0 Å². The van der Waals surface area contributed by atoms with E-state index in [1.165, 1.54) is 11.8 Å². The first-order valence-corrected chi connectivity index (χ1v) is 10.5. The van der Waals surface area contributed by atoms with E-state index in [0.29, 0.717) is 10.9 Å². The maximum absolute atomic E-state index is 12.2. The summed E-state index contributed by atoms with van der Waals surface area (Å²) in [5.74, 6) is -0.481. The van der Waals surface area contributed by atoms with Crippen molar-refractivity contribution in [2.24, 2.45) is 10.2 Å². The van der Waals surface area contributed by atoms with E-state index >= 15 is 0 Å². The first kappa shape index (κ1) is 19.4. The standard InChI is InChI=1S/C20H16BrN5O2S/c21-13-5-7-14(8-6-13)24-18(27)9-17-19(28)25-20(29-17)26-23-11-12-10-22-16-4-2-1-3-15(12)16/h1-8,10-11,17,22H,9H2,(H,24,27)(H,25,26,28)/b23-11+/t17-/m0/s1. The second kappa shape index (κ2) is 8.62. The van der Waals surface area contributed by atoms with Crippen LogP contribution in [0, 0.1) is 0 Å². The number of thioether (sulfide) groups is 1. The summed E-state index contributed by atoms with van der Waals surface area (Å²) in [5, 5.41) is 14.5. The molecule has 1 atom stereocenters. The molecule has 2 amide bonds. The fraction of sp³-hybridized carbons (Fsp3) is 0.100. The predicted molar refractivity (Wildman–Crippen MR) is 120 cm³/mol. The summed E-state index contributed by atoms with van der Waals surface area (Å²) < 4.78 is 0.926. The van der Waals surface area contributed by atoms with Crippen molar-refractivity contribution >= 4 is 67.5 Å². The molecule has 1 saturated heterocycles. The van der Waals surface area contributed by atoms with Gasteiger partial charge in [-0.3, -0.25) is 9.59 Å². The molecule has 9 heteroatoms. The Morgan fingerprint density at radius 3 is 2.83 bits per heavy atom. The maximum atomic E-state index is 12.2. The third-order valence-electron chi connectivity index (χ3n) is 4.24. The monoisotopic (exact) mass is 469 g/mol. The van der Waals surface area contributed by atoms with E-state index in [1.54, 1.807) is 18.3 Å². The zero-order valence-corrected chi connectivity index (χ0v) is 17.5. The van der Waals surface area contributed by atoms with Crippen LogP contribution in [0.25, 0.3) is 10.9 Å². The van der Waals surface area contributed by atoms with E-state index in [0.717, 1.165) is 20.9 Å². The Hall–Kier alpha value is -2.91. The summed E-state index contributed by atoms with van der Waals surface area (Å²) in [6.45, 7) is 0. The summed E-state index contributed by atoms with van der Waals surface area (Å²) in [6.07, 6.45) is 3.54. The molecule has 1 aliphatic rings. The highest BCUT2D eigenvalue weighted by Gasteiger charge is 2.32. The number of hydrogen-bond acceptors (Lipinski definition) is 5. The fourth-order valence-corrected chi connectivity index (χ4v) is 4.03. The van der Waals surface area contributed by atoms with Gasteiger partial charge in [-0.25, -0.2) is 0 Å². The molecule has 3 N–H and O–H groups in total. The second-order valence-corrected chi connectivity index (χ2v) is 8.40. The number of amidine groups is 1. The van der Waals surface area contributed by atoms with Crippen LogP contribution in [0.3, 0.4) is 0 Å². The van der Waals surface area contributed by atoms with Crippen molar-refractivity contribution in [2.45, 2.75) is 11.7 Å². The number of H-pyrrole nitrogens is 1. The number of anilines is 1. The lowest BCUT2D eigenvalue weighted by molar-refractivity contribution is -0.122. The van der Waals surface area contributed by atoms with Crippen molar-refractivity contribution in [1.82, 2.24) is 10.3 Å². The van der Waals surface area contributed by atoms with Crippen LogP contribution in [0.4, 0.5) is 5.69 Å². The van der Waals surface area contributed by atoms with Gasteiger partial charge in [0.1, 0.15) is 5.25 Å². The number of halogens is 1. The number of benzene rings is 2. The molecule has 146 valence electrons. The minimum Gasteiger partial charge on any atom is -0.361 e. The number of amides is 2. The zero-order chi connectivity index (χ0) is 20.2. The van der Waals surface area contributed by atoms with Crippen molar-refractivity contribution < 1.29 is 9.59 Å². The number of nitrogens with zero attached hydrogens (tertiary/aromatic N) is 2. The number of aromatic amines is 1. The van der Waals surface area contributed by atoms with Crippen LogP contribution < -0.4 is 10.6 Å². The number of fused-ring (bicyclic) bond motifs is 1. The average Bonchev–Trinajstić information content (AvgIpc) is 3.27. The maximum Gasteiger partial charge on any atom is 0.240 e. The minimum atomic E-state index is -0.535. The van der Waals surface area contributed by atoms with E-state index in [2.05, 4.69) is 41.8 Å². The van der Waals surface area contributed by atoms with Gasteiger partial charge in [-0.1, -0.05) is 45.9 Å². The molecule has 1 aliphatic heterocycles. The van der Waals surface area contributed by atoms with Crippen LogP contribution in [-0.4, -0.2) is 33.4 Å². The van der Waals surface area contributed by atoms with Gasteiger partial charge < -0.3 is 15.6 Å². The van der Waals surface area contributed by atoms with Crippen LogP contribution >= 0.6 is 27.7 Å². The zero-order valence-electron chi connectivity index (χ0n) is 15.1. The highest BCUT2D eigenvalue weighted by Crippen LogP contribution is 2.23. The van der Waals surface area contributed by atoms with Gasteiger partial charge in [0.15, 0.2) is 5.17 Å². The normalized spacial score (nSPS) is 17.9. The van der Waals surface area contributed by atoms with Gasteiger partial charge in [0.2, 0.25) is 11.8 Å². The third-order valence-corrected chi connectivity index (χ3v) is 5.84. The molecule has 0 saturated carbocycles. The molecular weight excluding hydrogens is 454 g/mol. The molecule has 29 heavy (non-hydrogen) atoms. The number of aromatic nitrogens is 1. The topological polar surface area (TPSA) is 98.7 Å². The number of carbonyl (C=O) groups is 2. The van der Waals surface area contributed by atoms with E-state index in [1.807, 2.05) is 42.6 Å². The van der Waals surface area contributed by atoms with Crippen LogP contribution in [0.5, 0.6) is 0 Å². The molecule has 0 radical (unpaired) electrons. The van der Waals surface area contributed by atoms with Crippen molar-refractivity contribution in [3.63, 3.8) is 0 Å². The number of rotatable bonds is 5. The summed E-state index contributed by atoms with van der Waals surface area (Å²) >= 11 is 4.55. The smallest absolute Gasteiger partial charge is 0.240 e. The summed E-state index contributed by atoms with van der Waals surface area (Å²) in [7, 11) is 0. The lowest BCUT2D eigenvalue weighted by atomic mass is 10.2. The van der Waals surface area contributed by atoms with Crippen LogP contribution in [0.2, 0.25) is 0 Å². The van der Waals surface area contributed by atoms with Gasteiger partial charge in [0, 0.05) is 39.2 Å². The molecule has 0 bridgehead atoms. The van der Waals surface area contributed by atoms with Crippen LogP contribution in [0.15, 0.2) is 69.4 Å². The van der Waals surface area contributed by atoms with Gasteiger partial charge in [-0.15, -0.1) is 5.10 Å². The molecule has 1 aromatic heterocycles. The Balaban J connectivity index is 1.35. The van der Waals surface area contributed by atoms with Crippen molar-refractivity contribution in [1.29, 1.82) is 0 Å². The molecule has 4 rings (SSSR count). The van der Waals surface area contributed by atoms with E-state index < -0.39 is 5.25 Å². The SMILES string of the molecule is O=C(C[C@@H]1S/C(=N/N=C/c2c[nH]c3ccccc23)NC1=O)Nc1ccc(Br)cc1. The molecule has 0 aliphatic carbocycles. The fourth-order valence-electron chi connectivity index (χ4n) is 2.84. The van der Waals surface area contributed by atoms with Crippen molar-refractivity contribution in [3.05, 3.63) is 64.8 Å². The summed E-state index contributed by atoms with van der Waals surface area (Å²) in [4.78, 5) is 27.5. The van der Waals surface area contributed by atoms with Gasteiger partial charge >= 0.3 is 0 Å². The quantitative estimate of drug-likeness (QED) is 0.390. The molecule has 0 unspecified atom stereocenters. The second-order valence-electron chi connectivity index (χ2n) is 6.29. The highest BCUT2D eigenvalue weighted by atomic mass is 79.9. The van der Waals surface area contributed by atoms with Gasteiger partial charge in [0.25, 0.3) is 0 Å². The summed E-state index contributed by atoms with van der Waals surface area (Å²) in [6, 6.07) is 15.1. The lowest BCUT2D eigenvalue weighted by Gasteiger charge is -2.07. The first-order valence-electron chi connectivity index (χ1n) is 8.78. The number of nitrogens with one attached hydrogen (secondary N) is 3.